The van der Waals surface area contributed by atoms with Gasteiger partial charge in [0.25, 0.3) is 0 Å². The summed E-state index contributed by atoms with van der Waals surface area (Å²) < 4.78 is 0. The fraction of sp³-hybridized carbons (Fsp3) is 0.625. The number of piperidine rings is 1. The Kier molecular flexibility index (Phi) is 8.04. The molecular formula is C24H36ClN5O2. The zero-order valence-electron chi connectivity index (χ0n) is 18.9. The Bertz CT molecular complexity index is 833. The first-order valence-electron chi connectivity index (χ1n) is 11.7. The smallest absolute Gasteiger partial charge is 0.228 e. The van der Waals surface area contributed by atoms with Gasteiger partial charge in [-0.25, -0.2) is 0 Å². The van der Waals surface area contributed by atoms with E-state index in [1.807, 2.05) is 11.0 Å². The first-order valence-corrected chi connectivity index (χ1v) is 12.0. The Morgan fingerprint density at radius 1 is 1.19 bits per heavy atom. The summed E-state index contributed by atoms with van der Waals surface area (Å²) in [6, 6.07) is 7.16. The highest BCUT2D eigenvalue weighted by Gasteiger charge is 2.49. The molecule has 2 fully saturated rings. The number of primary amides is 1. The summed E-state index contributed by atoms with van der Waals surface area (Å²) in [5.74, 6) is -0.626. The van der Waals surface area contributed by atoms with Crippen molar-refractivity contribution in [1.29, 1.82) is 5.41 Å². The third-order valence-corrected chi connectivity index (χ3v) is 7.72. The Morgan fingerprint density at radius 2 is 1.84 bits per heavy atom. The van der Waals surface area contributed by atoms with Gasteiger partial charge in [0.05, 0.1) is 11.3 Å². The van der Waals surface area contributed by atoms with Gasteiger partial charge < -0.3 is 21.7 Å². The van der Waals surface area contributed by atoms with E-state index in [9.17, 15) is 9.59 Å². The maximum Gasteiger partial charge on any atom is 0.228 e. The summed E-state index contributed by atoms with van der Waals surface area (Å²) >= 11 is 6.24. The molecule has 2 amide bonds. The summed E-state index contributed by atoms with van der Waals surface area (Å²) in [7, 11) is 0. The third-order valence-electron chi connectivity index (χ3n) is 7.48. The zero-order chi connectivity index (χ0) is 23.3. The van der Waals surface area contributed by atoms with E-state index in [0.29, 0.717) is 23.0 Å². The van der Waals surface area contributed by atoms with Crippen molar-refractivity contribution in [3.05, 3.63) is 34.9 Å². The van der Waals surface area contributed by atoms with Crippen LogP contribution >= 0.6 is 11.6 Å². The van der Waals surface area contributed by atoms with Crippen LogP contribution in [0.15, 0.2) is 24.3 Å². The minimum absolute atomic E-state index is 0.0970. The van der Waals surface area contributed by atoms with Gasteiger partial charge in [0.1, 0.15) is 0 Å². The standard InChI is InChI=1S/C24H36ClN5O2/c1-24(22(26)32,18-8-5-9-19(25)14-18)20(17-6-3-2-4-7-17)21(31)29-15-16-10-12-30(13-11-16)23(27)28/h5,8-9,14,16-17,20H,2-4,6-7,10-13,15H2,1H3,(H2,26,32)(H3,27,28)(H,29,31)/t20?,24-/m1/s1. The quantitative estimate of drug-likeness (QED) is 0.367. The van der Waals surface area contributed by atoms with Crippen molar-refractivity contribution in [3.63, 3.8) is 0 Å². The van der Waals surface area contributed by atoms with Gasteiger partial charge in [0, 0.05) is 24.7 Å². The Labute approximate surface area is 195 Å². The molecule has 1 saturated carbocycles. The van der Waals surface area contributed by atoms with Gasteiger partial charge in [0.15, 0.2) is 5.96 Å². The van der Waals surface area contributed by atoms with E-state index in [0.717, 1.165) is 58.0 Å². The molecule has 1 saturated heterocycles. The first-order chi connectivity index (χ1) is 15.2. The molecule has 1 aliphatic heterocycles. The number of carbonyl (C=O) groups excluding carboxylic acids is 2. The number of hydrogen-bond donors (Lipinski definition) is 4. The molecule has 32 heavy (non-hydrogen) atoms. The molecule has 1 heterocycles. The van der Waals surface area contributed by atoms with Crippen molar-refractivity contribution in [2.75, 3.05) is 19.6 Å². The molecule has 3 rings (SSSR count). The third kappa shape index (κ3) is 5.37. The van der Waals surface area contributed by atoms with Gasteiger partial charge in [-0.05, 0) is 62.1 Å². The van der Waals surface area contributed by atoms with Crippen molar-refractivity contribution in [2.45, 2.75) is 57.3 Å². The van der Waals surface area contributed by atoms with Crippen LogP contribution in [0.5, 0.6) is 0 Å². The highest BCUT2D eigenvalue weighted by Crippen LogP contribution is 2.43. The van der Waals surface area contributed by atoms with E-state index in [1.165, 1.54) is 0 Å². The van der Waals surface area contributed by atoms with Crippen LogP contribution < -0.4 is 16.8 Å². The lowest BCUT2D eigenvalue weighted by Gasteiger charge is -2.41. The number of hydrogen-bond acceptors (Lipinski definition) is 3. The van der Waals surface area contributed by atoms with Gasteiger partial charge >= 0.3 is 0 Å². The minimum Gasteiger partial charge on any atom is -0.370 e. The van der Waals surface area contributed by atoms with Crippen LogP contribution in [0.4, 0.5) is 0 Å². The molecule has 6 N–H and O–H groups in total. The Hall–Kier alpha value is -2.28. The molecule has 7 nitrogen and oxygen atoms in total. The fourth-order valence-electron chi connectivity index (χ4n) is 5.43. The van der Waals surface area contributed by atoms with Gasteiger partial charge in [-0.3, -0.25) is 15.0 Å². The highest BCUT2D eigenvalue weighted by molar-refractivity contribution is 6.30. The second-order valence-corrected chi connectivity index (χ2v) is 9.95. The molecule has 1 unspecified atom stereocenters. The second-order valence-electron chi connectivity index (χ2n) is 9.51. The SMILES string of the molecule is C[C@@](C(N)=O)(c1cccc(Cl)c1)C(C(=O)NCC1CCN(C(=N)N)CC1)C1CCCCC1. The number of nitrogens with one attached hydrogen (secondary N) is 2. The predicted molar refractivity (Wildman–Crippen MR) is 127 cm³/mol. The lowest BCUT2D eigenvalue weighted by atomic mass is 9.62. The van der Waals surface area contributed by atoms with Gasteiger partial charge in [0.2, 0.25) is 11.8 Å². The molecule has 0 aromatic heterocycles. The molecule has 0 spiro atoms. The molecule has 1 aromatic carbocycles. The van der Waals surface area contributed by atoms with E-state index in [1.54, 1.807) is 25.1 Å². The highest BCUT2D eigenvalue weighted by atomic mass is 35.5. The largest absolute Gasteiger partial charge is 0.370 e. The lowest BCUT2D eigenvalue weighted by Crippen LogP contribution is -2.54. The van der Waals surface area contributed by atoms with Crippen molar-refractivity contribution >= 4 is 29.4 Å². The first kappa shape index (κ1) is 24.4. The average Bonchev–Trinajstić information content (AvgIpc) is 2.78. The van der Waals surface area contributed by atoms with Crippen molar-refractivity contribution < 1.29 is 9.59 Å². The number of likely N-dealkylation sites (tertiary alicyclic amines) is 1. The summed E-state index contributed by atoms with van der Waals surface area (Å²) in [6.45, 7) is 3.80. The molecule has 176 valence electrons. The van der Waals surface area contributed by atoms with Gasteiger partial charge in [-0.1, -0.05) is 43.0 Å². The van der Waals surface area contributed by atoms with E-state index in [-0.39, 0.29) is 17.8 Å². The number of amides is 2. The van der Waals surface area contributed by atoms with Crippen LogP contribution in [-0.4, -0.2) is 42.3 Å². The summed E-state index contributed by atoms with van der Waals surface area (Å²) in [6.07, 6.45) is 6.84. The number of halogens is 1. The molecular weight excluding hydrogens is 426 g/mol. The average molecular weight is 462 g/mol. The predicted octanol–water partition coefficient (Wildman–Crippen LogP) is 3.00. The molecule has 1 aromatic rings. The summed E-state index contributed by atoms with van der Waals surface area (Å²) in [5, 5.41) is 11.3. The Morgan fingerprint density at radius 3 is 2.41 bits per heavy atom. The zero-order valence-corrected chi connectivity index (χ0v) is 19.7. The molecule has 0 radical (unpaired) electrons. The number of rotatable bonds is 7. The van der Waals surface area contributed by atoms with Crippen LogP contribution in [0.25, 0.3) is 0 Å². The number of nitrogens with zero attached hydrogens (tertiary/aromatic N) is 1. The minimum atomic E-state index is -1.14. The lowest BCUT2D eigenvalue weighted by molar-refractivity contribution is -0.137. The van der Waals surface area contributed by atoms with E-state index in [4.69, 9.17) is 28.5 Å². The topological polar surface area (TPSA) is 125 Å². The number of nitrogens with two attached hydrogens (primary N) is 2. The van der Waals surface area contributed by atoms with Crippen LogP contribution in [0, 0.1) is 23.2 Å². The Balaban J connectivity index is 1.81. The second kappa shape index (κ2) is 10.6. The normalized spacial score (nSPS) is 20.9. The molecule has 8 heteroatoms. The van der Waals surface area contributed by atoms with E-state index in [2.05, 4.69) is 5.32 Å². The maximum atomic E-state index is 13.7. The monoisotopic (exact) mass is 461 g/mol. The van der Waals surface area contributed by atoms with Crippen molar-refractivity contribution in [2.24, 2.45) is 29.2 Å². The summed E-state index contributed by atoms with van der Waals surface area (Å²) in [4.78, 5) is 28.4. The summed E-state index contributed by atoms with van der Waals surface area (Å²) in [5.41, 5.74) is 11.1. The van der Waals surface area contributed by atoms with Crippen molar-refractivity contribution in [3.8, 4) is 0 Å². The van der Waals surface area contributed by atoms with Crippen LogP contribution in [-0.2, 0) is 15.0 Å². The fourth-order valence-corrected chi connectivity index (χ4v) is 5.62. The number of benzene rings is 1. The van der Waals surface area contributed by atoms with E-state index < -0.39 is 17.2 Å². The van der Waals surface area contributed by atoms with Crippen molar-refractivity contribution in [1.82, 2.24) is 10.2 Å². The van der Waals surface area contributed by atoms with E-state index >= 15 is 0 Å². The number of guanidine groups is 1. The number of carbonyl (C=O) groups is 2. The molecule has 2 atom stereocenters. The maximum absolute atomic E-state index is 13.7. The van der Waals surface area contributed by atoms with Gasteiger partial charge in [-0.2, -0.15) is 0 Å². The molecule has 1 aliphatic carbocycles. The molecule has 2 aliphatic rings. The van der Waals surface area contributed by atoms with Crippen LogP contribution in [0.3, 0.4) is 0 Å². The van der Waals surface area contributed by atoms with Crippen LogP contribution in [0.1, 0.15) is 57.4 Å². The van der Waals surface area contributed by atoms with Crippen LogP contribution in [0.2, 0.25) is 5.02 Å². The molecule has 0 bridgehead atoms. The van der Waals surface area contributed by atoms with Gasteiger partial charge in [-0.15, -0.1) is 0 Å².